The predicted octanol–water partition coefficient (Wildman–Crippen LogP) is 4.72. The number of ether oxygens (including phenoxy) is 1. The van der Waals surface area contributed by atoms with Crippen molar-refractivity contribution in [1.82, 2.24) is 34.5 Å². The Morgan fingerprint density at radius 3 is 2.81 bits per heavy atom. The number of nitrogens with zero attached hydrogens (tertiary/aromatic N) is 7. The van der Waals surface area contributed by atoms with Crippen LogP contribution in [0.15, 0.2) is 54.8 Å². The van der Waals surface area contributed by atoms with Gasteiger partial charge < -0.3 is 4.74 Å². The number of aromatic nitrogens is 7. The van der Waals surface area contributed by atoms with Crippen LogP contribution in [0.2, 0.25) is 0 Å². The minimum absolute atomic E-state index is 0.0468. The van der Waals surface area contributed by atoms with Gasteiger partial charge in [0.15, 0.2) is 0 Å². The molecule has 0 aliphatic carbocycles. The predicted molar refractivity (Wildman–Crippen MR) is 123 cm³/mol. The highest BCUT2D eigenvalue weighted by Crippen LogP contribution is 2.37. The van der Waals surface area contributed by atoms with E-state index in [9.17, 15) is 0 Å². The van der Waals surface area contributed by atoms with E-state index >= 15 is 0 Å². The van der Waals surface area contributed by atoms with E-state index in [1.807, 2.05) is 35.8 Å². The van der Waals surface area contributed by atoms with Crippen LogP contribution in [-0.2, 0) is 11.8 Å². The van der Waals surface area contributed by atoms with E-state index in [2.05, 4.69) is 44.4 Å². The first-order chi connectivity index (χ1) is 15.8. The highest BCUT2D eigenvalue weighted by atomic mass is 32.1. The lowest BCUT2D eigenvalue weighted by Gasteiger charge is -2.22. The fraction of sp³-hybridized carbons (Fsp3) is 0.261. The van der Waals surface area contributed by atoms with Crippen molar-refractivity contribution in [3.05, 3.63) is 54.8 Å². The van der Waals surface area contributed by atoms with Crippen molar-refractivity contribution in [2.45, 2.75) is 25.5 Å². The first-order valence-electron chi connectivity index (χ1n) is 10.6. The Labute approximate surface area is 188 Å². The molecule has 5 aromatic rings. The number of thiazole rings is 1. The molecule has 1 fully saturated rings. The Morgan fingerprint density at radius 2 is 2.03 bits per heavy atom. The van der Waals surface area contributed by atoms with Crippen LogP contribution in [0, 0.1) is 0 Å². The van der Waals surface area contributed by atoms with E-state index in [-0.39, 0.29) is 6.23 Å². The summed E-state index contributed by atoms with van der Waals surface area (Å²) in [6.45, 7) is 0.767. The zero-order valence-corrected chi connectivity index (χ0v) is 18.4. The van der Waals surface area contributed by atoms with Crippen LogP contribution in [0.25, 0.3) is 43.9 Å². The molecule has 1 unspecified atom stereocenters. The molecule has 0 N–H and O–H groups in total. The lowest BCUT2D eigenvalue weighted by Crippen LogP contribution is -2.18. The number of fused-ring (bicyclic) bond motifs is 1. The third kappa shape index (κ3) is 3.39. The van der Waals surface area contributed by atoms with Crippen LogP contribution in [-0.4, -0.2) is 41.1 Å². The Kier molecular flexibility index (Phi) is 4.77. The molecule has 5 heterocycles. The molecular weight excluding hydrogens is 422 g/mol. The van der Waals surface area contributed by atoms with Gasteiger partial charge in [0.1, 0.15) is 18.2 Å². The second-order valence-electron chi connectivity index (χ2n) is 7.92. The van der Waals surface area contributed by atoms with Gasteiger partial charge in [-0.3, -0.25) is 9.67 Å². The zero-order valence-electron chi connectivity index (χ0n) is 17.5. The molecule has 8 nitrogen and oxygen atoms in total. The molecule has 0 amide bonds. The fourth-order valence-electron chi connectivity index (χ4n) is 4.18. The van der Waals surface area contributed by atoms with Crippen molar-refractivity contribution in [3.8, 4) is 33.0 Å². The summed E-state index contributed by atoms with van der Waals surface area (Å²) in [6, 6.07) is 6.25. The Hall–Kier alpha value is -3.43. The van der Waals surface area contributed by atoms with Gasteiger partial charge >= 0.3 is 0 Å². The summed E-state index contributed by atoms with van der Waals surface area (Å²) in [5, 5.41) is 10.2. The van der Waals surface area contributed by atoms with Gasteiger partial charge in [-0.2, -0.15) is 10.2 Å². The number of hydrogen-bond donors (Lipinski definition) is 0. The van der Waals surface area contributed by atoms with Crippen molar-refractivity contribution in [3.63, 3.8) is 0 Å². The minimum atomic E-state index is -0.0468. The van der Waals surface area contributed by atoms with Crippen molar-refractivity contribution in [2.24, 2.45) is 7.05 Å². The van der Waals surface area contributed by atoms with Crippen LogP contribution in [0.5, 0.6) is 0 Å². The highest BCUT2D eigenvalue weighted by Gasteiger charge is 2.23. The van der Waals surface area contributed by atoms with E-state index in [1.165, 1.54) is 0 Å². The van der Waals surface area contributed by atoms with Crippen LogP contribution in [0.3, 0.4) is 0 Å². The quantitative estimate of drug-likeness (QED) is 0.400. The van der Waals surface area contributed by atoms with E-state index < -0.39 is 0 Å². The maximum Gasteiger partial charge on any atom is 0.150 e. The first kappa shape index (κ1) is 19.3. The molecule has 0 saturated carbocycles. The third-order valence-corrected chi connectivity index (χ3v) is 6.56. The fourth-order valence-corrected chi connectivity index (χ4v) is 4.80. The van der Waals surface area contributed by atoms with Gasteiger partial charge in [0, 0.05) is 48.8 Å². The third-order valence-electron chi connectivity index (χ3n) is 5.78. The van der Waals surface area contributed by atoms with Crippen molar-refractivity contribution in [2.75, 3.05) is 6.61 Å². The van der Waals surface area contributed by atoms with Gasteiger partial charge in [-0.1, -0.05) is 6.07 Å². The molecule has 9 heteroatoms. The van der Waals surface area contributed by atoms with Gasteiger partial charge in [0.05, 0.1) is 27.8 Å². The summed E-state index contributed by atoms with van der Waals surface area (Å²) in [7, 11) is 1.92. The maximum atomic E-state index is 5.99. The number of benzene rings is 1. The molecule has 6 rings (SSSR count). The highest BCUT2D eigenvalue weighted by molar-refractivity contribution is 7.13. The largest absolute Gasteiger partial charge is 0.357 e. The zero-order chi connectivity index (χ0) is 21.5. The van der Waals surface area contributed by atoms with E-state index in [0.717, 1.165) is 69.7 Å². The van der Waals surface area contributed by atoms with Gasteiger partial charge in [0.25, 0.3) is 0 Å². The van der Waals surface area contributed by atoms with Crippen LogP contribution >= 0.6 is 11.3 Å². The molecule has 1 aromatic carbocycles. The molecule has 0 spiro atoms. The Morgan fingerprint density at radius 1 is 1.06 bits per heavy atom. The number of rotatable bonds is 4. The summed E-state index contributed by atoms with van der Waals surface area (Å²) < 4.78 is 9.73. The molecule has 0 bridgehead atoms. The summed E-state index contributed by atoms with van der Waals surface area (Å²) >= 11 is 1.57. The lowest BCUT2D eigenvalue weighted by atomic mass is 10.0. The molecule has 0 radical (unpaired) electrons. The normalized spacial score (nSPS) is 16.6. The molecule has 160 valence electrons. The molecule has 1 aliphatic rings. The maximum absolute atomic E-state index is 5.99. The van der Waals surface area contributed by atoms with Crippen molar-refractivity contribution < 1.29 is 4.74 Å². The first-order valence-corrected chi connectivity index (χ1v) is 11.5. The van der Waals surface area contributed by atoms with Gasteiger partial charge in [0.2, 0.25) is 0 Å². The molecule has 1 aliphatic heterocycles. The average Bonchev–Trinajstić information content (AvgIpc) is 3.59. The van der Waals surface area contributed by atoms with Crippen LogP contribution in [0.4, 0.5) is 0 Å². The van der Waals surface area contributed by atoms with Crippen molar-refractivity contribution >= 4 is 22.2 Å². The molecule has 1 atom stereocenters. The summed E-state index contributed by atoms with van der Waals surface area (Å²) in [6.07, 6.45) is 12.5. The standard InChI is InChI=1S/C23H21N7OS/c1-29-11-16(9-27-29)15-5-6-17-19(8-15)25-13-26-22(17)18-12-30(21-4-2-3-7-31-21)28-23(18)20-10-24-14-32-20/h5-6,8-14,21H,2-4,7H2,1H3. The Balaban J connectivity index is 1.49. The average molecular weight is 444 g/mol. The molecule has 32 heavy (non-hydrogen) atoms. The topological polar surface area (TPSA) is 83.5 Å². The Bertz CT molecular complexity index is 1380. The summed E-state index contributed by atoms with van der Waals surface area (Å²) in [5.41, 5.74) is 7.54. The monoisotopic (exact) mass is 443 g/mol. The lowest BCUT2D eigenvalue weighted by molar-refractivity contribution is -0.0393. The SMILES string of the molecule is Cn1cc(-c2ccc3c(-c4cn(C5CCCCO5)nc4-c4cncs4)ncnc3c2)cn1. The number of hydrogen-bond acceptors (Lipinski definition) is 7. The second-order valence-corrected chi connectivity index (χ2v) is 8.80. The van der Waals surface area contributed by atoms with Gasteiger partial charge in [-0.25, -0.2) is 14.6 Å². The van der Waals surface area contributed by atoms with Gasteiger partial charge in [-0.15, -0.1) is 11.3 Å². The second kappa shape index (κ2) is 7.92. The molecule has 4 aromatic heterocycles. The summed E-state index contributed by atoms with van der Waals surface area (Å²) in [4.78, 5) is 14.5. The van der Waals surface area contributed by atoms with Gasteiger partial charge in [-0.05, 0) is 37.0 Å². The molecular formula is C23H21N7OS. The minimum Gasteiger partial charge on any atom is -0.357 e. The smallest absolute Gasteiger partial charge is 0.150 e. The van der Waals surface area contributed by atoms with E-state index in [1.54, 1.807) is 22.3 Å². The number of aryl methyl sites for hydroxylation is 1. The van der Waals surface area contributed by atoms with Crippen molar-refractivity contribution in [1.29, 1.82) is 0 Å². The van der Waals surface area contributed by atoms with E-state index in [4.69, 9.17) is 9.84 Å². The van der Waals surface area contributed by atoms with Crippen LogP contribution in [0.1, 0.15) is 25.5 Å². The van der Waals surface area contributed by atoms with Crippen LogP contribution < -0.4 is 0 Å². The van der Waals surface area contributed by atoms with E-state index in [0.29, 0.717) is 0 Å². The summed E-state index contributed by atoms with van der Waals surface area (Å²) in [5.74, 6) is 0. The molecule has 1 saturated heterocycles.